The first-order valence-electron chi connectivity index (χ1n) is 9.56. The van der Waals surface area contributed by atoms with Gasteiger partial charge in [0.1, 0.15) is 0 Å². The summed E-state index contributed by atoms with van der Waals surface area (Å²) in [5, 5.41) is 6.78. The maximum absolute atomic E-state index is 6.57. The molecule has 0 saturated heterocycles. The summed E-state index contributed by atoms with van der Waals surface area (Å²) in [7, 11) is 0. The van der Waals surface area contributed by atoms with Gasteiger partial charge in [-0.3, -0.25) is 5.73 Å². The van der Waals surface area contributed by atoms with Crippen molar-refractivity contribution in [3.05, 3.63) is 102 Å². The van der Waals surface area contributed by atoms with Gasteiger partial charge in [-0.2, -0.15) is 0 Å². The van der Waals surface area contributed by atoms with Crippen molar-refractivity contribution in [3.63, 3.8) is 0 Å². The van der Waals surface area contributed by atoms with E-state index < -0.39 is 5.79 Å². The molecule has 1 heterocycles. The SMILES string of the molecule is CC1=CC(N)(Nc2ccc(C(N)Cc3ccccc3)cc2)Nc2ccccc21. The van der Waals surface area contributed by atoms with Gasteiger partial charge in [-0.1, -0.05) is 60.7 Å². The van der Waals surface area contributed by atoms with E-state index in [0.29, 0.717) is 0 Å². The largest absolute Gasteiger partial charge is 0.347 e. The molecule has 2 unspecified atom stereocenters. The summed E-state index contributed by atoms with van der Waals surface area (Å²) in [5.41, 5.74) is 19.6. The molecule has 4 rings (SSSR count). The summed E-state index contributed by atoms with van der Waals surface area (Å²) in [6, 6.07) is 26.6. The molecule has 3 aromatic rings. The first-order valence-corrected chi connectivity index (χ1v) is 9.56. The van der Waals surface area contributed by atoms with Crippen molar-refractivity contribution in [2.24, 2.45) is 11.5 Å². The van der Waals surface area contributed by atoms with Crippen molar-refractivity contribution < 1.29 is 0 Å². The van der Waals surface area contributed by atoms with Crippen LogP contribution in [0.15, 0.2) is 84.9 Å². The van der Waals surface area contributed by atoms with Crippen LogP contribution in [-0.4, -0.2) is 5.79 Å². The topological polar surface area (TPSA) is 76.1 Å². The maximum atomic E-state index is 6.57. The molecule has 3 aromatic carbocycles. The summed E-state index contributed by atoms with van der Waals surface area (Å²) in [4.78, 5) is 0. The van der Waals surface area contributed by atoms with Crippen LogP contribution >= 0.6 is 0 Å². The van der Waals surface area contributed by atoms with Gasteiger partial charge in [0, 0.05) is 23.0 Å². The van der Waals surface area contributed by atoms with Crippen molar-refractivity contribution in [1.29, 1.82) is 0 Å². The average molecular weight is 371 g/mol. The molecule has 4 nitrogen and oxygen atoms in total. The van der Waals surface area contributed by atoms with E-state index in [4.69, 9.17) is 11.5 Å². The third-order valence-electron chi connectivity index (χ3n) is 5.13. The molecule has 1 aliphatic heterocycles. The molecular weight excluding hydrogens is 344 g/mol. The molecule has 0 amide bonds. The minimum absolute atomic E-state index is 0.0369. The molecule has 0 fully saturated rings. The third-order valence-corrected chi connectivity index (χ3v) is 5.13. The normalized spacial score (nSPS) is 19.2. The smallest absolute Gasteiger partial charge is 0.182 e. The number of hydrogen-bond acceptors (Lipinski definition) is 4. The van der Waals surface area contributed by atoms with Crippen molar-refractivity contribution in [3.8, 4) is 0 Å². The zero-order valence-corrected chi connectivity index (χ0v) is 16.0. The average Bonchev–Trinajstić information content (AvgIpc) is 2.69. The molecule has 0 aromatic heterocycles. The fraction of sp³-hybridized carbons (Fsp3) is 0.167. The van der Waals surface area contributed by atoms with Gasteiger partial charge in [-0.15, -0.1) is 0 Å². The highest BCUT2D eigenvalue weighted by Crippen LogP contribution is 2.32. The van der Waals surface area contributed by atoms with Crippen LogP contribution in [0, 0.1) is 0 Å². The van der Waals surface area contributed by atoms with Crippen LogP contribution in [0.3, 0.4) is 0 Å². The number of fused-ring (bicyclic) bond motifs is 1. The van der Waals surface area contributed by atoms with E-state index >= 15 is 0 Å². The van der Waals surface area contributed by atoms with E-state index in [-0.39, 0.29) is 6.04 Å². The predicted molar refractivity (Wildman–Crippen MR) is 118 cm³/mol. The Labute approximate surface area is 166 Å². The molecule has 142 valence electrons. The van der Waals surface area contributed by atoms with Crippen LogP contribution in [0.2, 0.25) is 0 Å². The standard InChI is InChI=1S/C24H26N4/c1-17-16-24(26,28-23-10-6-5-9-21(17)23)27-20-13-11-19(12-14-20)22(25)15-18-7-3-2-4-8-18/h2-14,16,22,27-28H,15,25-26H2,1H3. The summed E-state index contributed by atoms with van der Waals surface area (Å²) < 4.78 is 0. The Morgan fingerprint density at radius 2 is 1.61 bits per heavy atom. The lowest BCUT2D eigenvalue weighted by molar-refractivity contribution is 0.685. The molecule has 2 atom stereocenters. The van der Waals surface area contributed by atoms with Crippen LogP contribution in [0.1, 0.15) is 29.7 Å². The Morgan fingerprint density at radius 3 is 2.36 bits per heavy atom. The zero-order chi connectivity index (χ0) is 19.6. The van der Waals surface area contributed by atoms with Crippen LogP contribution in [0.25, 0.3) is 5.57 Å². The molecule has 6 N–H and O–H groups in total. The van der Waals surface area contributed by atoms with Gasteiger partial charge in [-0.25, -0.2) is 0 Å². The fourth-order valence-corrected chi connectivity index (χ4v) is 3.72. The summed E-state index contributed by atoms with van der Waals surface area (Å²) in [5.74, 6) is -0.841. The highest BCUT2D eigenvalue weighted by molar-refractivity contribution is 5.80. The third kappa shape index (κ3) is 3.93. The van der Waals surface area contributed by atoms with Crippen LogP contribution in [0.4, 0.5) is 11.4 Å². The number of benzene rings is 3. The van der Waals surface area contributed by atoms with E-state index in [1.54, 1.807) is 0 Å². The molecule has 28 heavy (non-hydrogen) atoms. The Balaban J connectivity index is 1.47. The van der Waals surface area contributed by atoms with Gasteiger partial charge in [0.25, 0.3) is 0 Å². The number of anilines is 2. The number of allylic oxidation sites excluding steroid dienone is 1. The van der Waals surface area contributed by atoms with Crippen molar-refractivity contribution in [1.82, 2.24) is 0 Å². The van der Waals surface area contributed by atoms with E-state index in [1.165, 1.54) is 11.1 Å². The lowest BCUT2D eigenvalue weighted by atomic mass is 9.98. The second-order valence-corrected chi connectivity index (χ2v) is 7.41. The van der Waals surface area contributed by atoms with E-state index in [9.17, 15) is 0 Å². The Bertz CT molecular complexity index is 979. The van der Waals surface area contributed by atoms with Gasteiger partial charge in [0.05, 0.1) is 0 Å². The Hall–Kier alpha value is -3.08. The zero-order valence-electron chi connectivity index (χ0n) is 16.0. The first kappa shape index (κ1) is 18.3. The lowest BCUT2D eigenvalue weighted by Gasteiger charge is -2.35. The van der Waals surface area contributed by atoms with Gasteiger partial charge < -0.3 is 16.4 Å². The number of nitrogens with one attached hydrogen (secondary N) is 2. The van der Waals surface area contributed by atoms with E-state index in [0.717, 1.165) is 28.9 Å². The Kier molecular flexibility index (Phi) is 4.90. The predicted octanol–water partition coefficient (Wildman–Crippen LogP) is 4.48. The molecule has 0 bridgehead atoms. The summed E-state index contributed by atoms with van der Waals surface area (Å²) in [6.07, 6.45) is 2.83. The van der Waals surface area contributed by atoms with E-state index in [1.807, 2.05) is 54.6 Å². The molecule has 0 radical (unpaired) electrons. The van der Waals surface area contributed by atoms with Gasteiger partial charge >= 0.3 is 0 Å². The number of nitrogens with two attached hydrogens (primary N) is 2. The monoisotopic (exact) mass is 370 g/mol. The molecular formula is C24H26N4. The maximum Gasteiger partial charge on any atom is 0.182 e. The van der Waals surface area contributed by atoms with E-state index in [2.05, 4.69) is 47.9 Å². The van der Waals surface area contributed by atoms with Gasteiger partial charge in [-0.05, 0) is 54.3 Å². The molecule has 0 spiro atoms. The van der Waals surface area contributed by atoms with Gasteiger partial charge in [0.2, 0.25) is 0 Å². The quantitative estimate of drug-likeness (QED) is 0.500. The Morgan fingerprint density at radius 1 is 0.929 bits per heavy atom. The van der Waals surface area contributed by atoms with Crippen LogP contribution in [0.5, 0.6) is 0 Å². The second-order valence-electron chi connectivity index (χ2n) is 7.41. The second kappa shape index (κ2) is 7.50. The number of rotatable bonds is 5. The molecule has 1 aliphatic rings. The van der Waals surface area contributed by atoms with Crippen molar-refractivity contribution in [2.75, 3.05) is 10.6 Å². The number of hydrogen-bond donors (Lipinski definition) is 4. The summed E-state index contributed by atoms with van der Waals surface area (Å²) >= 11 is 0. The molecule has 4 heteroatoms. The minimum Gasteiger partial charge on any atom is -0.347 e. The number of para-hydroxylation sites is 1. The lowest BCUT2D eigenvalue weighted by Crippen LogP contribution is -2.54. The molecule has 0 saturated carbocycles. The van der Waals surface area contributed by atoms with Crippen molar-refractivity contribution in [2.45, 2.75) is 25.2 Å². The van der Waals surface area contributed by atoms with Crippen LogP contribution in [-0.2, 0) is 6.42 Å². The van der Waals surface area contributed by atoms with Crippen LogP contribution < -0.4 is 22.1 Å². The highest BCUT2D eigenvalue weighted by atomic mass is 15.3. The first-order chi connectivity index (χ1) is 13.5. The highest BCUT2D eigenvalue weighted by Gasteiger charge is 2.27. The molecule has 0 aliphatic carbocycles. The fourth-order valence-electron chi connectivity index (χ4n) is 3.72. The summed E-state index contributed by atoms with van der Waals surface area (Å²) in [6.45, 7) is 2.08. The van der Waals surface area contributed by atoms with Gasteiger partial charge in [0.15, 0.2) is 5.79 Å². The van der Waals surface area contributed by atoms with Crippen molar-refractivity contribution >= 4 is 16.9 Å². The minimum atomic E-state index is -0.841.